The van der Waals surface area contributed by atoms with Crippen LogP contribution in [0.5, 0.6) is 0 Å². The van der Waals surface area contributed by atoms with Crippen molar-refractivity contribution in [2.75, 3.05) is 13.1 Å². The Bertz CT molecular complexity index is 1600. The lowest BCUT2D eigenvalue weighted by atomic mass is 10.0. The third-order valence-corrected chi connectivity index (χ3v) is 8.85. The molecule has 1 atom stereocenters. The van der Waals surface area contributed by atoms with Gasteiger partial charge in [0.25, 0.3) is 0 Å². The lowest BCUT2D eigenvalue weighted by Gasteiger charge is -2.32. The Morgan fingerprint density at radius 1 is 0.750 bits per heavy atom. The molecule has 0 radical (unpaired) electrons. The van der Waals surface area contributed by atoms with Gasteiger partial charge in [-0.3, -0.25) is 9.59 Å². The second-order valence-corrected chi connectivity index (χ2v) is 12.3. The van der Waals surface area contributed by atoms with E-state index < -0.39 is 16.1 Å². The summed E-state index contributed by atoms with van der Waals surface area (Å²) in [5.41, 5.74) is 3.50. The average Bonchev–Trinajstić information content (AvgIpc) is 3.03. The van der Waals surface area contributed by atoms with Gasteiger partial charge in [0.1, 0.15) is 11.9 Å². The predicted octanol–water partition coefficient (Wildman–Crippen LogP) is 5.06. The number of rotatable bonds is 15. The summed E-state index contributed by atoms with van der Waals surface area (Å²) >= 11 is 0. The molecule has 4 rings (SSSR count). The topological polar surface area (TPSA) is 95.6 Å². The molecule has 0 saturated carbocycles. The molecule has 0 saturated heterocycles. The molecule has 0 unspecified atom stereocenters. The number of hydrogen-bond donors (Lipinski definition) is 2. The van der Waals surface area contributed by atoms with Crippen LogP contribution in [-0.2, 0) is 45.4 Å². The Kier molecular flexibility index (Phi) is 11.8. The molecule has 2 N–H and O–H groups in total. The van der Waals surface area contributed by atoms with Crippen molar-refractivity contribution in [3.63, 3.8) is 0 Å². The fourth-order valence-corrected chi connectivity index (χ4v) is 5.98. The molecule has 230 valence electrons. The SMILES string of the molecule is CCNS(=O)(=O)c1ccc(CCC(=O)N(Cc2ccc(F)cc2)[C@H](Cc2ccccc2)C(=O)NCCc2ccccc2)cc1. The highest BCUT2D eigenvalue weighted by Crippen LogP contribution is 2.18. The second-order valence-electron chi connectivity index (χ2n) is 10.5. The van der Waals surface area contributed by atoms with E-state index in [1.54, 1.807) is 36.1 Å². The maximum Gasteiger partial charge on any atom is 0.243 e. The van der Waals surface area contributed by atoms with Crippen LogP contribution in [-0.4, -0.2) is 44.3 Å². The van der Waals surface area contributed by atoms with Crippen LogP contribution < -0.4 is 10.0 Å². The van der Waals surface area contributed by atoms with Crippen molar-refractivity contribution in [1.82, 2.24) is 14.9 Å². The van der Waals surface area contributed by atoms with Crippen LogP contribution in [0.1, 0.15) is 35.6 Å². The zero-order chi connectivity index (χ0) is 31.4. The third kappa shape index (κ3) is 9.59. The first kappa shape index (κ1) is 32.6. The monoisotopic (exact) mass is 615 g/mol. The molecule has 0 heterocycles. The first-order valence-corrected chi connectivity index (χ1v) is 16.2. The van der Waals surface area contributed by atoms with E-state index in [0.717, 1.165) is 16.7 Å². The summed E-state index contributed by atoms with van der Waals surface area (Å²) in [4.78, 5) is 29.4. The summed E-state index contributed by atoms with van der Waals surface area (Å²) in [5, 5.41) is 3.03. The molecule has 4 aromatic carbocycles. The largest absolute Gasteiger partial charge is 0.354 e. The Hall–Kier alpha value is -4.34. The molecule has 0 fully saturated rings. The highest BCUT2D eigenvalue weighted by atomic mass is 32.2. The van der Waals surface area contributed by atoms with Gasteiger partial charge in [0.05, 0.1) is 4.90 Å². The van der Waals surface area contributed by atoms with Crippen molar-refractivity contribution in [3.05, 3.63) is 137 Å². The number of benzene rings is 4. The van der Waals surface area contributed by atoms with Gasteiger partial charge < -0.3 is 10.2 Å². The summed E-state index contributed by atoms with van der Waals surface area (Å²) in [6.45, 7) is 2.54. The minimum atomic E-state index is -3.58. The molecule has 4 aromatic rings. The molecule has 7 nitrogen and oxygen atoms in total. The van der Waals surface area contributed by atoms with Crippen LogP contribution >= 0.6 is 0 Å². The summed E-state index contributed by atoms with van der Waals surface area (Å²) in [7, 11) is -3.58. The minimum Gasteiger partial charge on any atom is -0.354 e. The van der Waals surface area contributed by atoms with Gasteiger partial charge in [0, 0.05) is 32.5 Å². The van der Waals surface area contributed by atoms with Crippen LogP contribution in [0.25, 0.3) is 0 Å². The van der Waals surface area contributed by atoms with Crippen LogP contribution in [0, 0.1) is 5.82 Å². The zero-order valence-electron chi connectivity index (χ0n) is 24.8. The summed E-state index contributed by atoms with van der Waals surface area (Å²) in [5.74, 6) is -0.887. The molecule has 0 aromatic heterocycles. The fourth-order valence-electron chi connectivity index (χ4n) is 4.94. The number of nitrogens with zero attached hydrogens (tertiary/aromatic N) is 1. The van der Waals surface area contributed by atoms with Crippen molar-refractivity contribution in [3.8, 4) is 0 Å². The standard InChI is InChI=1S/C35H38FN3O4S/c1-2-38-44(42,43)32-20-15-28(16-21-32)17-22-34(40)39(26-30-13-18-31(36)19-14-30)33(25-29-11-7-4-8-12-29)35(41)37-24-23-27-9-5-3-6-10-27/h3-16,18-21,33,38H,2,17,22-26H2,1H3,(H,37,41)/t33-/m1/s1. The number of nitrogens with one attached hydrogen (secondary N) is 2. The minimum absolute atomic E-state index is 0.100. The van der Waals surface area contributed by atoms with Crippen molar-refractivity contribution >= 4 is 21.8 Å². The number of sulfonamides is 1. The number of halogens is 1. The van der Waals surface area contributed by atoms with Crippen LogP contribution in [0.3, 0.4) is 0 Å². The van der Waals surface area contributed by atoms with Gasteiger partial charge in [0.2, 0.25) is 21.8 Å². The second kappa shape index (κ2) is 15.9. The molecular formula is C35H38FN3O4S. The van der Waals surface area contributed by atoms with Crippen molar-refractivity contribution in [2.24, 2.45) is 0 Å². The van der Waals surface area contributed by atoms with E-state index in [-0.39, 0.29) is 42.0 Å². The molecule has 0 aliphatic carbocycles. The Morgan fingerprint density at radius 2 is 1.32 bits per heavy atom. The van der Waals surface area contributed by atoms with Crippen LogP contribution in [0.15, 0.2) is 114 Å². The van der Waals surface area contributed by atoms with Crippen LogP contribution in [0.2, 0.25) is 0 Å². The number of hydrogen-bond acceptors (Lipinski definition) is 4. The highest BCUT2D eigenvalue weighted by molar-refractivity contribution is 7.89. The number of carbonyl (C=O) groups is 2. The number of aryl methyl sites for hydroxylation is 1. The Labute approximate surface area is 259 Å². The van der Waals surface area contributed by atoms with Gasteiger partial charge in [-0.2, -0.15) is 0 Å². The Balaban J connectivity index is 1.55. The molecule has 9 heteroatoms. The molecule has 44 heavy (non-hydrogen) atoms. The van der Waals surface area contributed by atoms with E-state index in [1.807, 2.05) is 60.7 Å². The van der Waals surface area contributed by atoms with Crippen molar-refractivity contribution < 1.29 is 22.4 Å². The van der Waals surface area contributed by atoms with Gasteiger partial charge in [-0.15, -0.1) is 0 Å². The van der Waals surface area contributed by atoms with E-state index >= 15 is 0 Å². The van der Waals surface area contributed by atoms with E-state index in [4.69, 9.17) is 0 Å². The lowest BCUT2D eigenvalue weighted by molar-refractivity contribution is -0.141. The normalized spacial score (nSPS) is 12.0. The first-order chi connectivity index (χ1) is 21.2. The van der Waals surface area contributed by atoms with Crippen molar-refractivity contribution in [1.29, 1.82) is 0 Å². The van der Waals surface area contributed by atoms with Gasteiger partial charge >= 0.3 is 0 Å². The maximum absolute atomic E-state index is 13.9. The van der Waals surface area contributed by atoms with Crippen LogP contribution in [0.4, 0.5) is 4.39 Å². The van der Waals surface area contributed by atoms with Gasteiger partial charge in [0.15, 0.2) is 0 Å². The molecule has 0 aliphatic heterocycles. The summed E-state index contributed by atoms with van der Waals surface area (Å²) in [6, 6.07) is 30.9. The van der Waals surface area contributed by atoms with E-state index in [2.05, 4.69) is 10.0 Å². The third-order valence-electron chi connectivity index (χ3n) is 7.29. The van der Waals surface area contributed by atoms with E-state index in [0.29, 0.717) is 31.4 Å². The lowest BCUT2D eigenvalue weighted by Crippen LogP contribution is -2.50. The fraction of sp³-hybridized carbons (Fsp3) is 0.257. The Morgan fingerprint density at radius 3 is 1.93 bits per heavy atom. The summed E-state index contributed by atoms with van der Waals surface area (Å²) in [6.07, 6.45) is 1.41. The van der Waals surface area contributed by atoms with E-state index in [9.17, 15) is 22.4 Å². The summed E-state index contributed by atoms with van der Waals surface area (Å²) < 4.78 is 40.8. The first-order valence-electron chi connectivity index (χ1n) is 14.7. The molecule has 0 bridgehead atoms. The molecule has 2 amide bonds. The van der Waals surface area contributed by atoms with Gasteiger partial charge in [-0.05, 0) is 59.4 Å². The number of carbonyl (C=O) groups excluding carboxylic acids is 2. The number of amides is 2. The van der Waals surface area contributed by atoms with E-state index in [1.165, 1.54) is 24.3 Å². The average molecular weight is 616 g/mol. The smallest absolute Gasteiger partial charge is 0.243 e. The maximum atomic E-state index is 13.9. The van der Waals surface area contributed by atoms with Gasteiger partial charge in [-0.25, -0.2) is 17.5 Å². The molecular weight excluding hydrogens is 577 g/mol. The molecule has 0 aliphatic rings. The van der Waals surface area contributed by atoms with Gasteiger partial charge in [-0.1, -0.05) is 91.9 Å². The quantitative estimate of drug-likeness (QED) is 0.196. The predicted molar refractivity (Wildman–Crippen MR) is 170 cm³/mol. The zero-order valence-corrected chi connectivity index (χ0v) is 25.6. The molecule has 0 spiro atoms. The van der Waals surface area contributed by atoms with Crippen molar-refractivity contribution in [2.45, 2.75) is 50.1 Å². The highest BCUT2D eigenvalue weighted by Gasteiger charge is 2.30.